The van der Waals surface area contributed by atoms with Crippen molar-refractivity contribution in [2.45, 2.75) is 6.42 Å². The lowest BCUT2D eigenvalue weighted by Gasteiger charge is -2.19. The zero-order valence-electron chi connectivity index (χ0n) is 10.2. The monoisotopic (exact) mass is 255 g/mol. The van der Waals surface area contributed by atoms with Gasteiger partial charge in [-0.3, -0.25) is 0 Å². The van der Waals surface area contributed by atoms with Crippen LogP contribution in [0.25, 0.3) is 0 Å². The number of para-hydroxylation sites is 1. The van der Waals surface area contributed by atoms with Gasteiger partial charge in [-0.25, -0.2) is 9.78 Å². The molecule has 0 amide bonds. The fourth-order valence-corrected chi connectivity index (χ4v) is 2.36. The van der Waals surface area contributed by atoms with Crippen molar-refractivity contribution in [2.24, 2.45) is 0 Å². The highest BCUT2D eigenvalue weighted by Crippen LogP contribution is 2.33. The molecule has 3 rings (SSSR count). The van der Waals surface area contributed by atoms with E-state index in [0.29, 0.717) is 5.82 Å². The fourth-order valence-electron chi connectivity index (χ4n) is 2.36. The Labute approximate surface area is 110 Å². The van der Waals surface area contributed by atoms with E-state index >= 15 is 0 Å². The first kappa shape index (κ1) is 11.5. The summed E-state index contributed by atoms with van der Waals surface area (Å²) < 4.78 is 0. The lowest BCUT2D eigenvalue weighted by molar-refractivity contribution is 0.0698. The molecule has 0 saturated heterocycles. The highest BCUT2D eigenvalue weighted by molar-refractivity contribution is 5.94. The standard InChI is InChI=1S/C14H13N3O2/c15-11-8-16-13(7-10(11)14(18)19)17-6-5-9-3-1-2-4-12(9)17/h1-4,7-8H,5-6,15H2,(H,18,19). The Kier molecular flexibility index (Phi) is 2.59. The Morgan fingerprint density at radius 3 is 2.95 bits per heavy atom. The summed E-state index contributed by atoms with van der Waals surface area (Å²) in [6.45, 7) is 0.801. The SMILES string of the molecule is Nc1cnc(N2CCc3ccccc32)cc1C(=O)O. The van der Waals surface area contributed by atoms with Crippen LogP contribution in [0.3, 0.4) is 0 Å². The predicted molar refractivity (Wildman–Crippen MR) is 72.8 cm³/mol. The van der Waals surface area contributed by atoms with Crippen LogP contribution >= 0.6 is 0 Å². The average molecular weight is 255 g/mol. The number of nitrogens with two attached hydrogens (primary N) is 1. The molecule has 2 heterocycles. The molecule has 19 heavy (non-hydrogen) atoms. The van der Waals surface area contributed by atoms with Crippen molar-refractivity contribution < 1.29 is 9.90 Å². The first-order valence-corrected chi connectivity index (χ1v) is 6.01. The molecule has 1 aromatic carbocycles. The van der Waals surface area contributed by atoms with Crippen LogP contribution in [0, 0.1) is 0 Å². The molecule has 0 spiro atoms. The van der Waals surface area contributed by atoms with E-state index in [1.807, 2.05) is 23.1 Å². The number of pyridine rings is 1. The summed E-state index contributed by atoms with van der Waals surface area (Å²) in [7, 11) is 0. The normalized spacial score (nSPS) is 13.4. The van der Waals surface area contributed by atoms with Crippen LogP contribution in [0.1, 0.15) is 15.9 Å². The number of aromatic carboxylic acids is 1. The number of nitrogens with zero attached hydrogens (tertiary/aromatic N) is 2. The van der Waals surface area contributed by atoms with Gasteiger partial charge >= 0.3 is 5.97 Å². The van der Waals surface area contributed by atoms with Crippen LogP contribution in [0.5, 0.6) is 0 Å². The highest BCUT2D eigenvalue weighted by Gasteiger charge is 2.22. The molecular weight excluding hydrogens is 242 g/mol. The molecule has 3 N–H and O–H groups in total. The molecule has 0 aliphatic carbocycles. The zero-order valence-corrected chi connectivity index (χ0v) is 10.2. The minimum Gasteiger partial charge on any atom is -0.478 e. The van der Waals surface area contributed by atoms with Crippen LogP contribution in [0.4, 0.5) is 17.2 Å². The van der Waals surface area contributed by atoms with Crippen molar-refractivity contribution in [3.8, 4) is 0 Å². The number of fused-ring (bicyclic) bond motifs is 1. The summed E-state index contributed by atoms with van der Waals surface area (Å²) >= 11 is 0. The number of anilines is 3. The molecule has 1 aromatic heterocycles. The van der Waals surface area contributed by atoms with Crippen molar-refractivity contribution in [1.29, 1.82) is 0 Å². The third kappa shape index (κ3) is 1.89. The molecule has 0 atom stereocenters. The highest BCUT2D eigenvalue weighted by atomic mass is 16.4. The zero-order chi connectivity index (χ0) is 13.4. The van der Waals surface area contributed by atoms with Crippen LogP contribution < -0.4 is 10.6 Å². The van der Waals surface area contributed by atoms with Crippen molar-refractivity contribution in [1.82, 2.24) is 4.98 Å². The maximum Gasteiger partial charge on any atom is 0.337 e. The van der Waals surface area contributed by atoms with Crippen LogP contribution in [-0.4, -0.2) is 22.6 Å². The number of nitrogen functional groups attached to an aromatic ring is 1. The number of rotatable bonds is 2. The van der Waals surface area contributed by atoms with Gasteiger partial charge < -0.3 is 15.7 Å². The van der Waals surface area contributed by atoms with Gasteiger partial charge in [0, 0.05) is 12.2 Å². The van der Waals surface area contributed by atoms with E-state index in [0.717, 1.165) is 18.7 Å². The molecule has 2 aromatic rings. The minimum atomic E-state index is -1.03. The molecule has 0 unspecified atom stereocenters. The maximum absolute atomic E-state index is 11.1. The lowest BCUT2D eigenvalue weighted by Crippen LogP contribution is -2.16. The molecule has 5 nitrogen and oxygen atoms in total. The van der Waals surface area contributed by atoms with Crippen molar-refractivity contribution in [2.75, 3.05) is 17.2 Å². The minimum absolute atomic E-state index is 0.0920. The van der Waals surface area contributed by atoms with E-state index in [4.69, 9.17) is 10.8 Å². The maximum atomic E-state index is 11.1. The van der Waals surface area contributed by atoms with Crippen LogP contribution in [0.15, 0.2) is 36.5 Å². The fraction of sp³-hybridized carbons (Fsp3) is 0.143. The van der Waals surface area contributed by atoms with E-state index in [-0.39, 0.29) is 11.3 Å². The molecule has 0 bridgehead atoms. The van der Waals surface area contributed by atoms with Gasteiger partial charge in [-0.05, 0) is 24.1 Å². The molecule has 0 fully saturated rings. The third-order valence-electron chi connectivity index (χ3n) is 3.31. The van der Waals surface area contributed by atoms with Gasteiger partial charge in [-0.2, -0.15) is 0 Å². The lowest BCUT2D eigenvalue weighted by atomic mass is 10.2. The van der Waals surface area contributed by atoms with Crippen molar-refractivity contribution in [3.05, 3.63) is 47.7 Å². The van der Waals surface area contributed by atoms with E-state index in [9.17, 15) is 4.79 Å². The number of carboxylic acids is 1. The molecule has 96 valence electrons. The third-order valence-corrected chi connectivity index (χ3v) is 3.31. The molecule has 5 heteroatoms. The summed E-state index contributed by atoms with van der Waals surface area (Å²) in [5.41, 5.74) is 8.23. The van der Waals surface area contributed by atoms with Gasteiger partial charge in [0.15, 0.2) is 0 Å². The van der Waals surface area contributed by atoms with E-state index in [1.165, 1.54) is 17.8 Å². The summed E-state index contributed by atoms with van der Waals surface area (Å²) in [6, 6.07) is 9.58. The van der Waals surface area contributed by atoms with Crippen molar-refractivity contribution >= 4 is 23.2 Å². The molecule has 1 aliphatic heterocycles. The molecule has 0 radical (unpaired) electrons. The second-order valence-corrected chi connectivity index (χ2v) is 4.47. The van der Waals surface area contributed by atoms with Gasteiger partial charge in [0.2, 0.25) is 0 Å². The van der Waals surface area contributed by atoms with Gasteiger partial charge in [0.25, 0.3) is 0 Å². The Morgan fingerprint density at radius 1 is 1.37 bits per heavy atom. The van der Waals surface area contributed by atoms with E-state index in [1.54, 1.807) is 0 Å². The second-order valence-electron chi connectivity index (χ2n) is 4.47. The quantitative estimate of drug-likeness (QED) is 0.858. The Bertz CT molecular complexity index is 655. The van der Waals surface area contributed by atoms with Crippen LogP contribution in [0.2, 0.25) is 0 Å². The first-order chi connectivity index (χ1) is 9.16. The average Bonchev–Trinajstić information content (AvgIpc) is 2.83. The van der Waals surface area contributed by atoms with Gasteiger partial charge in [-0.15, -0.1) is 0 Å². The van der Waals surface area contributed by atoms with Gasteiger partial charge in [-0.1, -0.05) is 18.2 Å². The smallest absolute Gasteiger partial charge is 0.337 e. The topological polar surface area (TPSA) is 79.5 Å². The summed E-state index contributed by atoms with van der Waals surface area (Å²) in [5, 5.41) is 9.10. The Balaban J connectivity index is 2.05. The summed E-state index contributed by atoms with van der Waals surface area (Å²) in [5.74, 6) is -0.412. The Morgan fingerprint density at radius 2 is 2.16 bits per heavy atom. The number of aromatic nitrogens is 1. The van der Waals surface area contributed by atoms with Crippen molar-refractivity contribution in [3.63, 3.8) is 0 Å². The number of carbonyl (C=O) groups is 1. The summed E-state index contributed by atoms with van der Waals surface area (Å²) in [4.78, 5) is 17.4. The van der Waals surface area contributed by atoms with Crippen LogP contribution in [-0.2, 0) is 6.42 Å². The molecular formula is C14H13N3O2. The van der Waals surface area contributed by atoms with E-state index < -0.39 is 5.97 Å². The van der Waals surface area contributed by atoms with Gasteiger partial charge in [0.05, 0.1) is 17.4 Å². The number of carboxylic acid groups (broad SMARTS) is 1. The Hall–Kier alpha value is -2.56. The summed E-state index contributed by atoms with van der Waals surface area (Å²) in [6.07, 6.45) is 2.34. The predicted octanol–water partition coefficient (Wildman–Crippen LogP) is 2.06. The largest absolute Gasteiger partial charge is 0.478 e. The first-order valence-electron chi connectivity index (χ1n) is 6.01. The number of benzene rings is 1. The number of hydrogen-bond acceptors (Lipinski definition) is 4. The molecule has 0 saturated carbocycles. The number of hydrogen-bond donors (Lipinski definition) is 2. The van der Waals surface area contributed by atoms with E-state index in [2.05, 4.69) is 11.1 Å². The second kappa shape index (κ2) is 4.28. The van der Waals surface area contributed by atoms with Gasteiger partial charge in [0.1, 0.15) is 5.82 Å². The molecule has 1 aliphatic rings.